The van der Waals surface area contributed by atoms with Crippen LogP contribution in [-0.2, 0) is 4.84 Å². The van der Waals surface area contributed by atoms with E-state index in [1.807, 2.05) is 0 Å². The molecule has 0 aromatic heterocycles. The number of amides is 3. The van der Waals surface area contributed by atoms with Crippen LogP contribution >= 0.6 is 0 Å². The van der Waals surface area contributed by atoms with Crippen LogP contribution in [0.4, 0.5) is 4.79 Å². The van der Waals surface area contributed by atoms with Gasteiger partial charge in [0.2, 0.25) is 5.91 Å². The van der Waals surface area contributed by atoms with Gasteiger partial charge in [0.05, 0.1) is 12.8 Å². The largest absolute Gasteiger partial charge is 0.394 e. The Hall–Kier alpha value is -2.57. The highest BCUT2D eigenvalue weighted by Crippen LogP contribution is 2.05. The van der Waals surface area contributed by atoms with Crippen molar-refractivity contribution in [1.29, 1.82) is 0 Å². The normalized spacial score (nSPS) is 14.6. The van der Waals surface area contributed by atoms with Crippen molar-refractivity contribution in [3.8, 4) is 0 Å². The summed E-state index contributed by atoms with van der Waals surface area (Å²) in [6, 6.07) is 6.77. The van der Waals surface area contributed by atoms with E-state index in [0.717, 1.165) is 0 Å². The number of urea groups is 1. The SMILES string of the molecule is NC(=O)c1ccccc1/C=N/OCCN1CCNC1=O. The molecule has 0 aliphatic carbocycles. The summed E-state index contributed by atoms with van der Waals surface area (Å²) >= 11 is 0. The molecule has 0 radical (unpaired) electrons. The van der Waals surface area contributed by atoms with Crippen molar-refractivity contribution in [1.82, 2.24) is 10.2 Å². The number of primary amides is 1. The lowest BCUT2D eigenvalue weighted by Gasteiger charge is -2.12. The molecule has 0 atom stereocenters. The van der Waals surface area contributed by atoms with E-state index >= 15 is 0 Å². The van der Waals surface area contributed by atoms with Gasteiger partial charge < -0.3 is 20.8 Å². The van der Waals surface area contributed by atoms with E-state index in [1.54, 1.807) is 29.2 Å². The Bertz CT molecular complexity index is 530. The van der Waals surface area contributed by atoms with Crippen molar-refractivity contribution in [3.05, 3.63) is 35.4 Å². The molecule has 7 heteroatoms. The van der Waals surface area contributed by atoms with E-state index in [0.29, 0.717) is 37.4 Å². The summed E-state index contributed by atoms with van der Waals surface area (Å²) < 4.78 is 0. The molecule has 106 valence electrons. The Labute approximate surface area is 116 Å². The van der Waals surface area contributed by atoms with E-state index in [4.69, 9.17) is 10.6 Å². The van der Waals surface area contributed by atoms with E-state index in [1.165, 1.54) is 6.21 Å². The van der Waals surface area contributed by atoms with Gasteiger partial charge in [0.1, 0.15) is 6.61 Å². The zero-order chi connectivity index (χ0) is 14.4. The number of benzene rings is 1. The van der Waals surface area contributed by atoms with Crippen molar-refractivity contribution < 1.29 is 14.4 Å². The van der Waals surface area contributed by atoms with Gasteiger partial charge >= 0.3 is 6.03 Å². The first-order valence-electron chi connectivity index (χ1n) is 6.25. The number of nitrogens with two attached hydrogens (primary N) is 1. The number of oxime groups is 1. The standard InChI is InChI=1S/C13H16N4O3/c14-12(18)11-4-2-1-3-10(11)9-16-20-8-7-17-6-5-15-13(17)19/h1-4,9H,5-8H2,(H2,14,18)(H,15,19)/b16-9+. The Balaban J connectivity index is 1.82. The number of nitrogens with one attached hydrogen (secondary N) is 1. The zero-order valence-electron chi connectivity index (χ0n) is 10.9. The van der Waals surface area contributed by atoms with Crippen LogP contribution in [0.25, 0.3) is 0 Å². The van der Waals surface area contributed by atoms with Gasteiger partial charge in [-0.15, -0.1) is 0 Å². The maximum Gasteiger partial charge on any atom is 0.317 e. The lowest BCUT2D eigenvalue weighted by molar-refractivity contribution is 0.1000. The van der Waals surface area contributed by atoms with Crippen LogP contribution in [-0.4, -0.2) is 49.3 Å². The summed E-state index contributed by atoms with van der Waals surface area (Å²) in [5.41, 5.74) is 6.23. The molecule has 1 aliphatic heterocycles. The summed E-state index contributed by atoms with van der Waals surface area (Å²) in [7, 11) is 0. The molecule has 7 nitrogen and oxygen atoms in total. The minimum atomic E-state index is -0.513. The Kier molecular flexibility index (Phi) is 4.54. The predicted octanol–water partition coefficient (Wildman–Crippen LogP) is 0.161. The second kappa shape index (κ2) is 6.55. The topological polar surface area (TPSA) is 97.0 Å². The third kappa shape index (κ3) is 3.47. The monoisotopic (exact) mass is 276 g/mol. The number of hydrogen-bond donors (Lipinski definition) is 2. The molecule has 1 saturated heterocycles. The first-order chi connectivity index (χ1) is 9.68. The van der Waals surface area contributed by atoms with Crippen LogP contribution in [0.2, 0.25) is 0 Å². The second-order valence-corrected chi connectivity index (χ2v) is 4.24. The highest BCUT2D eigenvalue weighted by molar-refractivity contribution is 6.01. The van der Waals surface area contributed by atoms with Crippen molar-refractivity contribution in [2.75, 3.05) is 26.2 Å². The molecule has 2 rings (SSSR count). The quantitative estimate of drug-likeness (QED) is 0.440. The molecule has 3 N–H and O–H groups in total. The van der Waals surface area contributed by atoms with Crippen LogP contribution in [0.5, 0.6) is 0 Å². The van der Waals surface area contributed by atoms with Crippen LogP contribution in [0, 0.1) is 0 Å². The molecule has 0 unspecified atom stereocenters. The van der Waals surface area contributed by atoms with Crippen molar-refractivity contribution in [2.24, 2.45) is 10.9 Å². The molecule has 1 aromatic carbocycles. The first kappa shape index (κ1) is 13.9. The number of nitrogens with zero attached hydrogens (tertiary/aromatic N) is 2. The fraction of sp³-hybridized carbons (Fsp3) is 0.308. The summed E-state index contributed by atoms with van der Waals surface area (Å²) in [6.45, 7) is 2.10. The molecule has 0 saturated carbocycles. The van der Waals surface area contributed by atoms with Gasteiger partial charge in [-0.25, -0.2) is 4.79 Å². The summed E-state index contributed by atoms with van der Waals surface area (Å²) in [5, 5.41) is 6.48. The van der Waals surface area contributed by atoms with Gasteiger partial charge in [-0.2, -0.15) is 0 Å². The van der Waals surface area contributed by atoms with Crippen molar-refractivity contribution in [3.63, 3.8) is 0 Å². The molecule has 0 spiro atoms. The van der Waals surface area contributed by atoms with Gasteiger partial charge in [-0.05, 0) is 6.07 Å². The Morgan fingerprint density at radius 2 is 2.30 bits per heavy atom. The number of rotatable bonds is 6. The van der Waals surface area contributed by atoms with E-state index in [9.17, 15) is 9.59 Å². The smallest absolute Gasteiger partial charge is 0.317 e. The third-order valence-corrected chi connectivity index (χ3v) is 2.89. The summed E-state index contributed by atoms with van der Waals surface area (Å²) in [4.78, 5) is 29.2. The Morgan fingerprint density at radius 3 is 3.00 bits per heavy atom. The molecular weight excluding hydrogens is 260 g/mol. The van der Waals surface area contributed by atoms with Crippen LogP contribution in [0.1, 0.15) is 15.9 Å². The van der Waals surface area contributed by atoms with Gasteiger partial charge in [0, 0.05) is 24.2 Å². The van der Waals surface area contributed by atoms with Gasteiger partial charge in [-0.3, -0.25) is 4.79 Å². The minimum Gasteiger partial charge on any atom is -0.394 e. The third-order valence-electron chi connectivity index (χ3n) is 2.89. The maximum atomic E-state index is 11.2. The number of hydrogen-bond acceptors (Lipinski definition) is 4. The molecular formula is C13H16N4O3. The van der Waals surface area contributed by atoms with Crippen molar-refractivity contribution >= 4 is 18.2 Å². The highest BCUT2D eigenvalue weighted by atomic mass is 16.6. The molecule has 20 heavy (non-hydrogen) atoms. The summed E-state index contributed by atoms with van der Waals surface area (Å²) in [6.07, 6.45) is 1.43. The molecule has 1 heterocycles. The molecule has 1 fully saturated rings. The van der Waals surface area contributed by atoms with E-state index < -0.39 is 5.91 Å². The molecule has 1 aromatic rings. The maximum absolute atomic E-state index is 11.2. The Morgan fingerprint density at radius 1 is 1.50 bits per heavy atom. The lowest BCUT2D eigenvalue weighted by atomic mass is 10.1. The van der Waals surface area contributed by atoms with Gasteiger partial charge in [0.25, 0.3) is 0 Å². The lowest BCUT2D eigenvalue weighted by Crippen LogP contribution is -2.30. The molecule has 1 aliphatic rings. The fourth-order valence-corrected chi connectivity index (χ4v) is 1.86. The van der Waals surface area contributed by atoms with E-state index in [2.05, 4.69) is 10.5 Å². The van der Waals surface area contributed by atoms with E-state index in [-0.39, 0.29) is 6.03 Å². The summed E-state index contributed by atoms with van der Waals surface area (Å²) in [5.74, 6) is -0.513. The second-order valence-electron chi connectivity index (χ2n) is 4.24. The zero-order valence-corrected chi connectivity index (χ0v) is 10.9. The fourth-order valence-electron chi connectivity index (χ4n) is 1.86. The van der Waals surface area contributed by atoms with Crippen LogP contribution in [0.3, 0.4) is 0 Å². The number of carbonyl (C=O) groups is 2. The van der Waals surface area contributed by atoms with Crippen molar-refractivity contribution in [2.45, 2.75) is 0 Å². The first-order valence-corrected chi connectivity index (χ1v) is 6.25. The molecule has 0 bridgehead atoms. The van der Waals surface area contributed by atoms with Gasteiger partial charge in [0.15, 0.2) is 0 Å². The van der Waals surface area contributed by atoms with Crippen LogP contribution in [0.15, 0.2) is 29.4 Å². The minimum absolute atomic E-state index is 0.0864. The van der Waals surface area contributed by atoms with Crippen LogP contribution < -0.4 is 11.1 Å². The number of carbonyl (C=O) groups excluding carboxylic acids is 2. The predicted molar refractivity (Wildman–Crippen MR) is 73.5 cm³/mol. The average molecular weight is 276 g/mol. The average Bonchev–Trinajstić information content (AvgIpc) is 2.84. The highest BCUT2D eigenvalue weighted by Gasteiger charge is 2.18. The van der Waals surface area contributed by atoms with Gasteiger partial charge in [-0.1, -0.05) is 23.4 Å². The molecule has 3 amide bonds.